The van der Waals surface area contributed by atoms with E-state index in [9.17, 15) is 0 Å². The summed E-state index contributed by atoms with van der Waals surface area (Å²) in [5.74, 6) is 0. The van der Waals surface area contributed by atoms with Gasteiger partial charge in [-0.25, -0.2) is 0 Å². The van der Waals surface area contributed by atoms with Gasteiger partial charge < -0.3 is 5.32 Å². The van der Waals surface area contributed by atoms with Crippen molar-refractivity contribution >= 4 is 68.0 Å². The molecule has 0 aliphatic heterocycles. The first kappa shape index (κ1) is 17.2. The summed E-state index contributed by atoms with van der Waals surface area (Å²) in [7, 11) is 0. The van der Waals surface area contributed by atoms with Crippen LogP contribution in [0.5, 0.6) is 0 Å². The predicted octanol–water partition coefficient (Wildman–Crippen LogP) is 7.63. The van der Waals surface area contributed by atoms with Crippen LogP contribution in [0.15, 0.2) is 34.8 Å². The summed E-state index contributed by atoms with van der Waals surface area (Å²) in [5, 5.41) is 5.69. The lowest BCUT2D eigenvalue weighted by molar-refractivity contribution is 0.750. The van der Waals surface area contributed by atoms with Crippen molar-refractivity contribution < 1.29 is 0 Å². The fraction of sp³-hybridized carbons (Fsp3) is 0.200. The van der Waals surface area contributed by atoms with E-state index in [4.69, 9.17) is 46.4 Å². The van der Waals surface area contributed by atoms with Crippen molar-refractivity contribution in [1.29, 1.82) is 0 Å². The summed E-state index contributed by atoms with van der Waals surface area (Å²) in [5.41, 5.74) is 1.65. The summed E-state index contributed by atoms with van der Waals surface area (Å²) >= 11 is 28.1. The van der Waals surface area contributed by atoms with Crippen LogP contribution in [0.2, 0.25) is 20.1 Å². The van der Waals surface area contributed by atoms with Crippen molar-refractivity contribution in [2.24, 2.45) is 0 Å². The fourth-order valence-electron chi connectivity index (χ4n) is 2.04. The van der Waals surface area contributed by atoms with Gasteiger partial charge >= 0.3 is 0 Å². The third-order valence-corrected chi connectivity index (χ3v) is 4.69. The van der Waals surface area contributed by atoms with Crippen LogP contribution in [-0.4, -0.2) is 0 Å². The minimum absolute atomic E-state index is 0.00839. The van der Waals surface area contributed by atoms with E-state index in [1.807, 2.05) is 12.1 Å². The summed E-state index contributed by atoms with van der Waals surface area (Å²) in [6.07, 6.45) is 0.823. The van der Waals surface area contributed by atoms with E-state index < -0.39 is 0 Å². The smallest absolute Gasteiger partial charge is 0.0724 e. The first-order valence-corrected chi connectivity index (χ1v) is 8.59. The van der Waals surface area contributed by atoms with E-state index in [1.54, 1.807) is 18.2 Å². The number of halogens is 5. The Bertz CT molecular complexity index is 637. The monoisotopic (exact) mass is 425 g/mol. The molecule has 0 fully saturated rings. The molecule has 0 heterocycles. The summed E-state index contributed by atoms with van der Waals surface area (Å²) in [6.45, 7) is 2.06. The number of nitrogens with one attached hydrogen (secondary N) is 1. The summed E-state index contributed by atoms with van der Waals surface area (Å²) in [4.78, 5) is 0. The lowest BCUT2D eigenvalue weighted by atomic mass is 10.0. The molecule has 0 spiro atoms. The lowest BCUT2D eigenvalue weighted by Gasteiger charge is -2.22. The van der Waals surface area contributed by atoms with E-state index in [0.29, 0.717) is 25.8 Å². The average Bonchev–Trinajstić information content (AvgIpc) is 2.39. The average molecular weight is 428 g/mol. The molecule has 1 atom stereocenters. The highest BCUT2D eigenvalue weighted by molar-refractivity contribution is 9.10. The SMILES string of the molecule is CCC(Nc1c(Cl)cc(Br)cc1Cl)c1ccc(Cl)cc1Cl. The maximum absolute atomic E-state index is 6.28. The van der Waals surface area contributed by atoms with E-state index in [-0.39, 0.29) is 6.04 Å². The maximum Gasteiger partial charge on any atom is 0.0724 e. The molecule has 0 bridgehead atoms. The molecule has 0 aliphatic carbocycles. The second-order valence-electron chi connectivity index (χ2n) is 4.52. The Morgan fingerprint density at radius 3 is 2.14 bits per heavy atom. The molecule has 1 nitrogen and oxygen atoms in total. The fourth-order valence-corrected chi connectivity index (χ4v) is 3.90. The highest BCUT2D eigenvalue weighted by Gasteiger charge is 2.16. The molecule has 0 aliphatic rings. The van der Waals surface area contributed by atoms with Crippen LogP contribution in [-0.2, 0) is 0 Å². The van der Waals surface area contributed by atoms with Crippen molar-refractivity contribution in [3.8, 4) is 0 Å². The molecule has 1 N–H and O–H groups in total. The van der Waals surface area contributed by atoms with Gasteiger partial charge in [0, 0.05) is 14.5 Å². The molecular weight excluding hydrogens is 416 g/mol. The van der Waals surface area contributed by atoms with Crippen molar-refractivity contribution in [2.45, 2.75) is 19.4 Å². The van der Waals surface area contributed by atoms with Crippen LogP contribution >= 0.6 is 62.3 Å². The first-order valence-electron chi connectivity index (χ1n) is 6.28. The van der Waals surface area contributed by atoms with Crippen LogP contribution in [0, 0.1) is 0 Å². The topological polar surface area (TPSA) is 12.0 Å². The van der Waals surface area contributed by atoms with Gasteiger partial charge in [-0.15, -0.1) is 0 Å². The minimum Gasteiger partial charge on any atom is -0.376 e. The van der Waals surface area contributed by atoms with Crippen molar-refractivity contribution in [2.75, 3.05) is 5.32 Å². The van der Waals surface area contributed by atoms with Crippen molar-refractivity contribution in [3.05, 3.63) is 60.5 Å². The van der Waals surface area contributed by atoms with Gasteiger partial charge in [-0.3, -0.25) is 0 Å². The summed E-state index contributed by atoms with van der Waals surface area (Å²) in [6, 6.07) is 9.04. The van der Waals surface area contributed by atoms with Crippen LogP contribution in [0.4, 0.5) is 5.69 Å². The van der Waals surface area contributed by atoms with Crippen LogP contribution < -0.4 is 5.32 Å². The Morgan fingerprint density at radius 2 is 1.62 bits per heavy atom. The molecule has 112 valence electrons. The zero-order valence-electron chi connectivity index (χ0n) is 11.1. The Morgan fingerprint density at radius 1 is 1.00 bits per heavy atom. The maximum atomic E-state index is 6.28. The van der Waals surface area contributed by atoms with E-state index >= 15 is 0 Å². The first-order chi connectivity index (χ1) is 9.92. The molecule has 2 aromatic carbocycles. The third kappa shape index (κ3) is 4.20. The quantitative estimate of drug-likeness (QED) is 0.528. The van der Waals surface area contributed by atoms with Crippen LogP contribution in [0.1, 0.15) is 24.9 Å². The van der Waals surface area contributed by atoms with Gasteiger partial charge in [-0.05, 0) is 36.2 Å². The third-order valence-electron chi connectivity index (χ3n) is 3.07. The Balaban J connectivity index is 2.36. The highest BCUT2D eigenvalue weighted by atomic mass is 79.9. The number of rotatable bonds is 4. The predicted molar refractivity (Wildman–Crippen MR) is 97.3 cm³/mol. The van der Waals surface area contributed by atoms with Gasteiger partial charge in [0.1, 0.15) is 0 Å². The van der Waals surface area contributed by atoms with Crippen molar-refractivity contribution in [3.63, 3.8) is 0 Å². The number of anilines is 1. The van der Waals surface area contributed by atoms with Gasteiger partial charge in [0.2, 0.25) is 0 Å². The second-order valence-corrected chi connectivity index (χ2v) is 7.09. The molecular formula is C15H12BrCl4N. The second kappa shape index (κ2) is 7.43. The van der Waals surface area contributed by atoms with Crippen LogP contribution in [0.3, 0.4) is 0 Å². The molecule has 0 amide bonds. The van der Waals surface area contributed by atoms with Gasteiger partial charge in [-0.2, -0.15) is 0 Å². The largest absolute Gasteiger partial charge is 0.376 e. The lowest BCUT2D eigenvalue weighted by Crippen LogP contribution is -2.11. The normalized spacial score (nSPS) is 12.3. The van der Waals surface area contributed by atoms with E-state index in [0.717, 1.165) is 16.5 Å². The molecule has 1 unspecified atom stereocenters. The minimum atomic E-state index is -0.00839. The summed E-state index contributed by atoms with van der Waals surface area (Å²) < 4.78 is 0.834. The number of benzene rings is 2. The molecule has 0 saturated carbocycles. The Kier molecular flexibility index (Phi) is 6.10. The molecule has 0 saturated heterocycles. The molecule has 0 aromatic heterocycles. The number of hydrogen-bond acceptors (Lipinski definition) is 1. The van der Waals surface area contributed by atoms with Crippen molar-refractivity contribution in [1.82, 2.24) is 0 Å². The zero-order chi connectivity index (χ0) is 15.6. The standard InChI is InChI=1S/C15H12BrCl4N/c1-2-14(10-4-3-9(17)7-11(10)18)21-15-12(19)5-8(16)6-13(15)20/h3-7,14,21H,2H2,1H3. The zero-order valence-corrected chi connectivity index (χ0v) is 15.7. The van der Waals surface area contributed by atoms with Gasteiger partial charge in [0.05, 0.1) is 21.8 Å². The van der Waals surface area contributed by atoms with Gasteiger partial charge in [0.25, 0.3) is 0 Å². The molecule has 2 rings (SSSR count). The molecule has 0 radical (unpaired) electrons. The van der Waals surface area contributed by atoms with Crippen LogP contribution in [0.25, 0.3) is 0 Å². The molecule has 6 heteroatoms. The molecule has 21 heavy (non-hydrogen) atoms. The highest BCUT2D eigenvalue weighted by Crippen LogP contribution is 2.38. The molecule has 2 aromatic rings. The Hall–Kier alpha value is -0.120. The number of hydrogen-bond donors (Lipinski definition) is 1. The Labute approximate surface area is 152 Å². The van der Waals surface area contributed by atoms with E-state index in [1.165, 1.54) is 0 Å². The van der Waals surface area contributed by atoms with Gasteiger partial charge in [0.15, 0.2) is 0 Å². The van der Waals surface area contributed by atoms with Gasteiger partial charge in [-0.1, -0.05) is 75.3 Å². The van der Waals surface area contributed by atoms with E-state index in [2.05, 4.69) is 28.2 Å².